The van der Waals surface area contributed by atoms with Crippen LogP contribution >= 0.6 is 0 Å². The molecule has 1 saturated heterocycles. The second-order valence-corrected chi connectivity index (χ2v) is 5.20. The number of rotatable bonds is 2. The van der Waals surface area contributed by atoms with Crippen molar-refractivity contribution in [2.24, 2.45) is 0 Å². The Morgan fingerprint density at radius 1 is 1.37 bits per heavy atom. The molecule has 0 unspecified atom stereocenters. The number of anilines is 2. The predicted molar refractivity (Wildman–Crippen MR) is 74.3 cm³/mol. The molecule has 1 aromatic rings. The van der Waals surface area contributed by atoms with Crippen molar-refractivity contribution in [2.75, 3.05) is 37.9 Å². The molecule has 6 heteroatoms. The van der Waals surface area contributed by atoms with Crippen molar-refractivity contribution < 1.29 is 9.53 Å². The van der Waals surface area contributed by atoms with Gasteiger partial charge in [0.1, 0.15) is 5.54 Å². The minimum Gasteiger partial charge on any atom is -0.481 e. The van der Waals surface area contributed by atoms with E-state index in [-0.39, 0.29) is 5.91 Å². The second-order valence-electron chi connectivity index (χ2n) is 5.20. The number of nitrogen functional groups attached to an aromatic ring is 1. The Kier molecular flexibility index (Phi) is 3.26. The molecule has 0 spiro atoms. The Hall–Kier alpha value is -1.98. The standard InChI is InChI=1S/C13H20N4O2/c1-13(2)12(18)16(3)7-8-17(13)11-9(14)5-6-10(15-11)19-4/h5-6H,7-8,14H2,1-4H3. The number of ether oxygens (including phenoxy) is 1. The fourth-order valence-electron chi connectivity index (χ4n) is 2.36. The van der Waals surface area contributed by atoms with E-state index in [1.54, 1.807) is 24.1 Å². The molecule has 2 N–H and O–H groups in total. The molecule has 6 nitrogen and oxygen atoms in total. The average Bonchev–Trinajstić information content (AvgIpc) is 2.38. The summed E-state index contributed by atoms with van der Waals surface area (Å²) in [4.78, 5) is 20.3. The zero-order valence-electron chi connectivity index (χ0n) is 11.8. The summed E-state index contributed by atoms with van der Waals surface area (Å²) in [5.74, 6) is 1.15. The molecule has 0 bridgehead atoms. The van der Waals surface area contributed by atoms with Crippen LogP contribution in [0.5, 0.6) is 5.88 Å². The van der Waals surface area contributed by atoms with Gasteiger partial charge in [-0.3, -0.25) is 4.79 Å². The van der Waals surface area contributed by atoms with E-state index in [1.807, 2.05) is 25.8 Å². The van der Waals surface area contributed by atoms with Gasteiger partial charge in [0.05, 0.1) is 12.8 Å². The number of piperazine rings is 1. The number of hydrogen-bond donors (Lipinski definition) is 1. The molecule has 0 aromatic carbocycles. The third kappa shape index (κ3) is 2.18. The van der Waals surface area contributed by atoms with Crippen molar-refractivity contribution in [3.63, 3.8) is 0 Å². The molecule has 1 aliphatic heterocycles. The summed E-state index contributed by atoms with van der Waals surface area (Å²) in [7, 11) is 3.37. The second kappa shape index (κ2) is 4.60. The molecule has 0 atom stereocenters. The monoisotopic (exact) mass is 264 g/mol. The predicted octanol–water partition coefficient (Wildman–Crippen LogP) is 0.729. The highest BCUT2D eigenvalue weighted by atomic mass is 16.5. The van der Waals surface area contributed by atoms with Crippen LogP contribution in [-0.4, -0.2) is 48.6 Å². The van der Waals surface area contributed by atoms with Crippen LogP contribution in [0.2, 0.25) is 0 Å². The summed E-state index contributed by atoms with van der Waals surface area (Å²) < 4.78 is 5.13. The topological polar surface area (TPSA) is 71.7 Å². The van der Waals surface area contributed by atoms with E-state index in [1.165, 1.54) is 0 Å². The molecular formula is C13H20N4O2. The number of nitrogens with zero attached hydrogens (tertiary/aromatic N) is 3. The first kappa shape index (κ1) is 13.5. The van der Waals surface area contributed by atoms with Crippen LogP contribution < -0.4 is 15.4 Å². The molecule has 19 heavy (non-hydrogen) atoms. The lowest BCUT2D eigenvalue weighted by molar-refractivity contribution is -0.136. The van der Waals surface area contributed by atoms with E-state index in [2.05, 4.69) is 4.98 Å². The lowest BCUT2D eigenvalue weighted by Crippen LogP contribution is -2.62. The number of carbonyl (C=O) groups excluding carboxylic acids is 1. The van der Waals surface area contributed by atoms with Gasteiger partial charge in [0.25, 0.3) is 0 Å². The van der Waals surface area contributed by atoms with Gasteiger partial charge in [-0.05, 0) is 19.9 Å². The maximum Gasteiger partial charge on any atom is 0.247 e. The average molecular weight is 264 g/mol. The van der Waals surface area contributed by atoms with Gasteiger partial charge in [-0.2, -0.15) is 4.98 Å². The summed E-state index contributed by atoms with van der Waals surface area (Å²) in [6.45, 7) is 5.11. The highest BCUT2D eigenvalue weighted by Crippen LogP contribution is 2.32. The highest BCUT2D eigenvalue weighted by molar-refractivity contribution is 5.91. The van der Waals surface area contributed by atoms with Crippen molar-refractivity contribution in [3.05, 3.63) is 12.1 Å². The number of carbonyl (C=O) groups is 1. The number of hydrogen-bond acceptors (Lipinski definition) is 5. The van der Waals surface area contributed by atoms with Crippen molar-refractivity contribution in [1.29, 1.82) is 0 Å². The van der Waals surface area contributed by atoms with Gasteiger partial charge in [-0.1, -0.05) is 0 Å². The van der Waals surface area contributed by atoms with E-state index in [4.69, 9.17) is 10.5 Å². The molecule has 2 rings (SSSR count). The van der Waals surface area contributed by atoms with Gasteiger partial charge in [-0.25, -0.2) is 0 Å². The number of amides is 1. The van der Waals surface area contributed by atoms with E-state index >= 15 is 0 Å². The highest BCUT2D eigenvalue weighted by Gasteiger charge is 2.41. The van der Waals surface area contributed by atoms with E-state index < -0.39 is 5.54 Å². The van der Waals surface area contributed by atoms with Gasteiger partial charge >= 0.3 is 0 Å². The van der Waals surface area contributed by atoms with Gasteiger partial charge in [0.2, 0.25) is 11.8 Å². The molecule has 1 amide bonds. The molecular weight excluding hydrogens is 244 g/mol. The minimum atomic E-state index is -0.666. The van der Waals surface area contributed by atoms with Gasteiger partial charge in [0.15, 0.2) is 5.82 Å². The molecule has 2 heterocycles. The Morgan fingerprint density at radius 3 is 2.68 bits per heavy atom. The third-order valence-electron chi connectivity index (χ3n) is 3.55. The van der Waals surface area contributed by atoms with E-state index in [0.717, 1.165) is 0 Å². The fourth-order valence-corrected chi connectivity index (χ4v) is 2.36. The van der Waals surface area contributed by atoms with Crippen LogP contribution in [0.4, 0.5) is 11.5 Å². The SMILES string of the molecule is COc1ccc(N)c(N2CCN(C)C(=O)C2(C)C)n1. The first-order valence-corrected chi connectivity index (χ1v) is 6.21. The quantitative estimate of drug-likeness (QED) is 0.852. The molecule has 1 aromatic heterocycles. The summed E-state index contributed by atoms with van der Waals surface area (Å²) in [6, 6.07) is 3.46. The van der Waals surface area contributed by atoms with Crippen molar-refractivity contribution in [2.45, 2.75) is 19.4 Å². The molecule has 1 fully saturated rings. The number of pyridine rings is 1. The molecule has 0 saturated carbocycles. The number of likely N-dealkylation sites (N-methyl/N-ethyl adjacent to an activating group) is 1. The lowest BCUT2D eigenvalue weighted by atomic mass is 9.97. The van der Waals surface area contributed by atoms with Crippen LogP contribution in [-0.2, 0) is 4.79 Å². The summed E-state index contributed by atoms with van der Waals surface area (Å²) in [5, 5.41) is 0. The molecule has 0 aliphatic carbocycles. The lowest BCUT2D eigenvalue weighted by Gasteiger charge is -2.45. The summed E-state index contributed by atoms with van der Waals surface area (Å²) in [5.41, 5.74) is 5.87. The summed E-state index contributed by atoms with van der Waals surface area (Å²) >= 11 is 0. The maximum absolute atomic E-state index is 12.3. The zero-order chi connectivity index (χ0) is 14.2. The first-order valence-electron chi connectivity index (χ1n) is 6.21. The van der Waals surface area contributed by atoms with Crippen LogP contribution in [0.25, 0.3) is 0 Å². The number of nitrogens with two attached hydrogens (primary N) is 1. The molecule has 0 radical (unpaired) electrons. The van der Waals surface area contributed by atoms with Crippen LogP contribution in [0, 0.1) is 0 Å². The Morgan fingerprint density at radius 2 is 2.05 bits per heavy atom. The van der Waals surface area contributed by atoms with Gasteiger partial charge in [-0.15, -0.1) is 0 Å². The molecule has 1 aliphatic rings. The Balaban J connectivity index is 2.43. The Bertz CT molecular complexity index is 501. The Labute approximate surface area is 113 Å². The smallest absolute Gasteiger partial charge is 0.247 e. The van der Waals surface area contributed by atoms with Gasteiger partial charge < -0.3 is 20.3 Å². The first-order chi connectivity index (χ1) is 8.87. The summed E-state index contributed by atoms with van der Waals surface area (Å²) in [6.07, 6.45) is 0. The number of methoxy groups -OCH3 is 1. The van der Waals surface area contributed by atoms with E-state index in [0.29, 0.717) is 30.5 Å². The largest absolute Gasteiger partial charge is 0.481 e. The normalized spacial score (nSPS) is 18.6. The van der Waals surface area contributed by atoms with Crippen molar-refractivity contribution in [3.8, 4) is 5.88 Å². The zero-order valence-corrected chi connectivity index (χ0v) is 11.8. The maximum atomic E-state index is 12.3. The number of aromatic nitrogens is 1. The van der Waals surface area contributed by atoms with Crippen LogP contribution in [0.15, 0.2) is 12.1 Å². The minimum absolute atomic E-state index is 0.0581. The van der Waals surface area contributed by atoms with Crippen LogP contribution in [0.3, 0.4) is 0 Å². The fraction of sp³-hybridized carbons (Fsp3) is 0.538. The molecule has 104 valence electrons. The van der Waals surface area contributed by atoms with Crippen molar-refractivity contribution in [1.82, 2.24) is 9.88 Å². The van der Waals surface area contributed by atoms with Gasteiger partial charge in [0, 0.05) is 26.2 Å². The van der Waals surface area contributed by atoms with E-state index in [9.17, 15) is 4.79 Å². The van der Waals surface area contributed by atoms with Crippen molar-refractivity contribution >= 4 is 17.4 Å². The third-order valence-corrected chi connectivity index (χ3v) is 3.55. The van der Waals surface area contributed by atoms with Crippen LogP contribution in [0.1, 0.15) is 13.8 Å².